The Morgan fingerprint density at radius 1 is 2.00 bits per heavy atom. The van der Waals surface area contributed by atoms with E-state index in [0.29, 0.717) is 0 Å². The topological polar surface area (TPSA) is 48.8 Å². The van der Waals surface area contributed by atoms with E-state index in [-0.39, 0.29) is 0 Å². The number of hydrogen-bond donors (Lipinski definition) is 0. The van der Waals surface area contributed by atoms with Crippen molar-refractivity contribution < 1.29 is 16.0 Å². The molecule has 0 bridgehead atoms. The summed E-state index contributed by atoms with van der Waals surface area (Å²) in [7, 11) is 0. The maximum atomic E-state index is 7.26. The van der Waals surface area contributed by atoms with Crippen molar-refractivity contribution in [3.63, 3.8) is 0 Å². The van der Waals surface area contributed by atoms with Gasteiger partial charge >= 0.3 is 30.6 Å². The van der Waals surface area contributed by atoms with Gasteiger partial charge in [-0.25, -0.2) is 0 Å². The van der Waals surface area contributed by atoms with E-state index in [9.17, 15) is 0 Å². The molecule has 0 aromatic carbocycles. The molecule has 0 radical (unpaired) electrons. The van der Waals surface area contributed by atoms with E-state index < -0.39 is 0 Å². The van der Waals surface area contributed by atoms with E-state index in [4.69, 9.17) is 5.53 Å². The fourth-order valence-electron chi connectivity index (χ4n) is 0. The van der Waals surface area contributed by atoms with Gasteiger partial charge < -0.3 is 0 Å². The van der Waals surface area contributed by atoms with Crippen molar-refractivity contribution in [2.24, 2.45) is 4.16 Å². The fraction of sp³-hybridized carbons (Fsp3) is 0. The number of azide groups is 1. The Balaban J connectivity index is 3.11. The molecule has 0 aromatic heterocycles. The van der Waals surface area contributed by atoms with Crippen LogP contribution in [0.4, 0.5) is 0 Å². The molecule has 4 heavy (non-hydrogen) atoms. The van der Waals surface area contributed by atoms with Gasteiger partial charge in [0, 0.05) is 0 Å². The second-order valence-corrected chi connectivity index (χ2v) is 0.364. The molecule has 0 fully saturated rings. The van der Waals surface area contributed by atoms with Crippen LogP contribution in [0.2, 0.25) is 0 Å². The minimum atomic E-state index is 2.22. The number of hydrogen-bond acceptors (Lipinski definition) is 1. The quantitative estimate of drug-likeness (QED) is 0.245. The number of rotatable bonds is 0. The Morgan fingerprint density at radius 2 is 2.25 bits per heavy atom. The van der Waals surface area contributed by atoms with Crippen LogP contribution in [0.3, 0.4) is 0 Å². The molecule has 0 aliphatic carbocycles. The molecule has 0 heterocycles. The van der Waals surface area contributed by atoms with Crippen LogP contribution in [0.15, 0.2) is 4.16 Å². The summed E-state index contributed by atoms with van der Waals surface area (Å²) in [6, 6.07) is 0. The Morgan fingerprint density at radius 3 is 2.25 bits per heavy atom. The zero-order valence-electron chi connectivity index (χ0n) is 1.67. The molecule has 0 saturated carbocycles. The van der Waals surface area contributed by atoms with Gasteiger partial charge in [0.1, 0.15) is 0 Å². The first kappa shape index (κ1) is 3.82. The first-order valence-corrected chi connectivity index (χ1v) is 1.01. The van der Waals surface area contributed by atoms with Crippen LogP contribution in [0.5, 0.6) is 0 Å². The monoisotopic (exact) mass is 101 g/mol. The molecule has 0 unspecified atom stereocenters. The van der Waals surface area contributed by atoms with Crippen molar-refractivity contribution in [1.82, 2.24) is 0 Å². The van der Waals surface area contributed by atoms with E-state index >= 15 is 0 Å². The summed E-state index contributed by atoms with van der Waals surface area (Å²) in [4.78, 5) is 2.22. The molecule has 0 atom stereocenters. The third-order valence-corrected chi connectivity index (χ3v) is 0.123. The van der Waals surface area contributed by atoms with Gasteiger partial charge in [0.2, 0.25) is 0 Å². The minimum absolute atomic E-state index is 2.22. The van der Waals surface area contributed by atoms with Gasteiger partial charge in [0.05, 0.1) is 0 Å². The first-order chi connectivity index (χ1) is 1.91. The predicted octanol–water partition coefficient (Wildman–Crippen LogP) is 0.759. The van der Waals surface area contributed by atoms with Gasteiger partial charge in [-0.2, -0.15) is 0 Å². The van der Waals surface area contributed by atoms with Crippen molar-refractivity contribution in [2.75, 3.05) is 0 Å². The second-order valence-electron chi connectivity index (χ2n) is 0.156. The maximum absolute atomic E-state index is 7.26. The van der Waals surface area contributed by atoms with Crippen molar-refractivity contribution in [2.45, 2.75) is 0 Å². The van der Waals surface area contributed by atoms with Crippen LogP contribution in [-0.2, 0) is 16.0 Å². The van der Waals surface area contributed by atoms with E-state index in [1.807, 2.05) is 0 Å². The van der Waals surface area contributed by atoms with Crippen molar-refractivity contribution in [1.29, 1.82) is 0 Å². The Labute approximate surface area is 31.4 Å². The van der Waals surface area contributed by atoms with Gasteiger partial charge in [0.15, 0.2) is 0 Å². The molecular formula is CoN3. The Kier molecular flexibility index (Phi) is 2.69. The molecule has 0 aliphatic heterocycles. The third kappa shape index (κ3) is 1.82. The van der Waals surface area contributed by atoms with Crippen LogP contribution in [0.25, 0.3) is 10.4 Å². The standard InChI is InChI=1S/Co.N3/c;1-3-2/q+1;-1. The summed E-state index contributed by atoms with van der Waals surface area (Å²) in [6.07, 6.45) is 0. The summed E-state index contributed by atoms with van der Waals surface area (Å²) in [5.74, 6) is 0. The molecule has 0 rings (SSSR count). The molecule has 0 saturated heterocycles. The predicted molar refractivity (Wildman–Crippen MR) is 9.15 cm³/mol. The normalized spacial score (nSPS) is 4.50. The van der Waals surface area contributed by atoms with Crippen LogP contribution in [0.1, 0.15) is 0 Å². The molecular weight excluding hydrogens is 101 g/mol. The molecule has 0 aromatic rings. The molecule has 0 spiro atoms. The molecule has 0 aliphatic rings. The summed E-state index contributed by atoms with van der Waals surface area (Å²) in [6.45, 7) is 0. The number of nitrogens with zero attached hydrogens (tertiary/aromatic N) is 3. The van der Waals surface area contributed by atoms with Gasteiger partial charge in [-0.15, -0.1) is 0 Å². The van der Waals surface area contributed by atoms with Gasteiger partial charge in [-0.05, 0) is 0 Å². The van der Waals surface area contributed by atoms with E-state index in [1.54, 1.807) is 0 Å². The molecule has 24 valence electrons. The summed E-state index contributed by atoms with van der Waals surface area (Å²) in [5.41, 5.74) is 7.26. The molecule has 0 amide bonds. The van der Waals surface area contributed by atoms with Crippen molar-refractivity contribution in [3.05, 3.63) is 10.4 Å². The van der Waals surface area contributed by atoms with Crippen LogP contribution in [-0.4, -0.2) is 0 Å². The SMILES string of the molecule is [N-]=[N+]=[N][Co]. The van der Waals surface area contributed by atoms with Crippen molar-refractivity contribution in [3.8, 4) is 0 Å². The molecule has 0 N–H and O–H groups in total. The Bertz CT molecular complexity index is 41.2. The molecule has 3 nitrogen and oxygen atoms in total. The van der Waals surface area contributed by atoms with Gasteiger partial charge in [-0.1, -0.05) is 0 Å². The van der Waals surface area contributed by atoms with E-state index in [1.165, 1.54) is 0 Å². The van der Waals surface area contributed by atoms with Gasteiger partial charge in [-0.3, -0.25) is 0 Å². The molecule has 4 heteroatoms. The zero-order valence-corrected chi connectivity index (χ0v) is 2.72. The average Bonchev–Trinajstić information content (AvgIpc) is 1.37. The van der Waals surface area contributed by atoms with E-state index in [2.05, 4.69) is 25.0 Å². The van der Waals surface area contributed by atoms with Crippen LogP contribution < -0.4 is 0 Å². The Hall–Kier alpha value is -0.184. The van der Waals surface area contributed by atoms with Gasteiger partial charge in [0.25, 0.3) is 0 Å². The van der Waals surface area contributed by atoms with Crippen molar-refractivity contribution >= 4 is 0 Å². The van der Waals surface area contributed by atoms with Crippen LogP contribution >= 0.6 is 0 Å². The second kappa shape index (κ2) is 2.82. The summed E-state index contributed by atoms with van der Waals surface area (Å²) >= 11 is 3.17. The van der Waals surface area contributed by atoms with Crippen LogP contribution in [0, 0.1) is 0 Å². The summed E-state index contributed by atoms with van der Waals surface area (Å²) in [5, 5.41) is 0. The summed E-state index contributed by atoms with van der Waals surface area (Å²) < 4.78 is 2.60. The average molecular weight is 101 g/mol. The zero-order chi connectivity index (χ0) is 3.41. The first-order valence-electron chi connectivity index (χ1n) is 0.549. The third-order valence-electron chi connectivity index (χ3n) is 0.0298. The van der Waals surface area contributed by atoms with E-state index in [0.717, 1.165) is 0 Å². The fourth-order valence-corrected chi connectivity index (χ4v) is 0.